The molecule has 3 rings (SSSR count). The zero-order valence-corrected chi connectivity index (χ0v) is 18.6. The van der Waals surface area contributed by atoms with Crippen LogP contribution in [0.2, 0.25) is 0 Å². The molecule has 1 aromatic heterocycles. The van der Waals surface area contributed by atoms with Crippen molar-refractivity contribution in [1.29, 1.82) is 0 Å². The molecule has 0 unspecified atom stereocenters. The number of rotatable bonds is 9. The summed E-state index contributed by atoms with van der Waals surface area (Å²) in [4.78, 5) is 10.9. The third-order valence-electron chi connectivity index (χ3n) is 5.53. The van der Waals surface area contributed by atoms with Crippen molar-refractivity contribution in [3.8, 4) is 17.2 Å². The molecule has 2 aromatic rings. The Morgan fingerprint density at radius 3 is 2.27 bits per heavy atom. The van der Waals surface area contributed by atoms with Gasteiger partial charge in [-0.25, -0.2) is 4.98 Å². The molecule has 0 spiro atoms. The van der Waals surface area contributed by atoms with Crippen molar-refractivity contribution in [1.82, 2.24) is 15.3 Å². The maximum atomic E-state index is 5.59. The van der Waals surface area contributed by atoms with E-state index in [2.05, 4.69) is 20.6 Å². The van der Waals surface area contributed by atoms with E-state index in [0.29, 0.717) is 29.5 Å². The van der Waals surface area contributed by atoms with Crippen molar-refractivity contribution in [2.75, 3.05) is 45.6 Å². The van der Waals surface area contributed by atoms with E-state index in [1.54, 1.807) is 27.5 Å². The lowest BCUT2D eigenvalue weighted by atomic mass is 9.91. The number of nitrogens with one attached hydrogen (secondary N) is 2. The predicted octanol–water partition coefficient (Wildman–Crippen LogP) is 3.08. The van der Waals surface area contributed by atoms with Gasteiger partial charge in [0.2, 0.25) is 11.7 Å². The minimum atomic E-state index is 0.399. The Balaban J connectivity index is 1.52. The van der Waals surface area contributed by atoms with Crippen molar-refractivity contribution in [2.45, 2.75) is 44.3 Å². The van der Waals surface area contributed by atoms with Crippen molar-refractivity contribution < 1.29 is 14.2 Å². The van der Waals surface area contributed by atoms with Crippen LogP contribution < -0.4 is 29.7 Å². The molecule has 0 atom stereocenters. The van der Waals surface area contributed by atoms with Crippen LogP contribution in [0.1, 0.15) is 31.2 Å². The van der Waals surface area contributed by atoms with Gasteiger partial charge < -0.3 is 29.7 Å². The van der Waals surface area contributed by atoms with Gasteiger partial charge in [-0.05, 0) is 37.8 Å². The molecule has 0 radical (unpaired) electrons. The highest BCUT2D eigenvalue weighted by Gasteiger charge is 2.22. The first-order valence-electron chi connectivity index (χ1n) is 10.3. The van der Waals surface area contributed by atoms with Crippen molar-refractivity contribution in [2.24, 2.45) is 0 Å². The number of anilines is 2. The average molecular weight is 416 g/mol. The fourth-order valence-corrected chi connectivity index (χ4v) is 3.85. The summed E-state index contributed by atoms with van der Waals surface area (Å²) < 4.78 is 16.4. The number of nitrogens with zero attached hydrogens (tertiary/aromatic N) is 3. The normalized spacial score (nSPS) is 18.6. The maximum absolute atomic E-state index is 5.59. The topological polar surface area (TPSA) is 80.8 Å². The first kappa shape index (κ1) is 22.0. The van der Waals surface area contributed by atoms with Gasteiger partial charge in [0.05, 0.1) is 21.3 Å². The van der Waals surface area contributed by atoms with Crippen LogP contribution in [0, 0.1) is 0 Å². The molecular weight excluding hydrogens is 382 g/mol. The van der Waals surface area contributed by atoms with Gasteiger partial charge in [0, 0.05) is 44.5 Å². The van der Waals surface area contributed by atoms with Crippen LogP contribution in [0.15, 0.2) is 24.4 Å². The zero-order chi connectivity index (χ0) is 21.5. The van der Waals surface area contributed by atoms with Crippen LogP contribution >= 0.6 is 0 Å². The largest absolute Gasteiger partial charge is 0.493 e. The molecule has 1 heterocycles. The molecule has 0 bridgehead atoms. The second-order valence-corrected chi connectivity index (χ2v) is 7.70. The van der Waals surface area contributed by atoms with E-state index >= 15 is 0 Å². The lowest BCUT2D eigenvalue weighted by molar-refractivity contribution is 0.318. The van der Waals surface area contributed by atoms with Crippen LogP contribution in [0.3, 0.4) is 0 Å². The Morgan fingerprint density at radius 1 is 0.933 bits per heavy atom. The molecular formula is C22H33N5O3. The van der Waals surface area contributed by atoms with Gasteiger partial charge in [-0.3, -0.25) is 0 Å². The van der Waals surface area contributed by atoms with Crippen molar-refractivity contribution in [3.63, 3.8) is 0 Å². The standard InChI is InChI=1S/C22H33N5O3/c1-27(2)19-12-13-23-22(26-19)25-17-9-7-16(8-10-17)24-14-15-6-11-18(28-3)21(30-5)20(15)29-4/h6,11-13,16-17,24H,7-10,14H2,1-5H3,(H,23,25,26). The zero-order valence-electron chi connectivity index (χ0n) is 18.6. The number of hydrogen-bond acceptors (Lipinski definition) is 8. The van der Waals surface area contributed by atoms with Crippen molar-refractivity contribution in [3.05, 3.63) is 30.0 Å². The maximum Gasteiger partial charge on any atom is 0.224 e. The summed E-state index contributed by atoms with van der Waals surface area (Å²) in [6.07, 6.45) is 6.15. The lowest BCUT2D eigenvalue weighted by Crippen LogP contribution is -2.37. The van der Waals surface area contributed by atoms with Crippen LogP contribution in [-0.2, 0) is 6.54 Å². The van der Waals surface area contributed by atoms with Crippen LogP contribution in [-0.4, -0.2) is 57.5 Å². The Labute approximate surface area is 179 Å². The molecule has 1 fully saturated rings. The first-order chi connectivity index (χ1) is 14.5. The lowest BCUT2D eigenvalue weighted by Gasteiger charge is -2.30. The number of hydrogen-bond donors (Lipinski definition) is 2. The first-order valence-corrected chi connectivity index (χ1v) is 10.3. The third kappa shape index (κ3) is 5.24. The van der Waals surface area contributed by atoms with E-state index in [1.165, 1.54) is 0 Å². The van der Waals surface area contributed by atoms with Gasteiger partial charge in [-0.1, -0.05) is 6.07 Å². The predicted molar refractivity (Wildman–Crippen MR) is 119 cm³/mol. The molecule has 30 heavy (non-hydrogen) atoms. The summed E-state index contributed by atoms with van der Waals surface area (Å²) in [5, 5.41) is 7.16. The molecule has 0 amide bonds. The number of benzene rings is 1. The fraction of sp³-hybridized carbons (Fsp3) is 0.545. The van der Waals surface area contributed by atoms with Gasteiger partial charge in [0.1, 0.15) is 5.82 Å². The van der Waals surface area contributed by atoms with Crippen LogP contribution in [0.25, 0.3) is 0 Å². The molecule has 2 N–H and O–H groups in total. The van der Waals surface area contributed by atoms with Gasteiger partial charge in [-0.2, -0.15) is 4.98 Å². The summed E-state index contributed by atoms with van der Waals surface area (Å²) >= 11 is 0. The average Bonchev–Trinajstić information content (AvgIpc) is 2.77. The van der Waals surface area contributed by atoms with Crippen LogP contribution in [0.4, 0.5) is 11.8 Å². The summed E-state index contributed by atoms with van der Waals surface area (Å²) in [6, 6.07) is 6.72. The van der Waals surface area contributed by atoms with E-state index in [0.717, 1.165) is 49.4 Å². The monoisotopic (exact) mass is 415 g/mol. The molecule has 1 aliphatic carbocycles. The quantitative estimate of drug-likeness (QED) is 0.647. The van der Waals surface area contributed by atoms with E-state index in [9.17, 15) is 0 Å². The molecule has 8 nitrogen and oxygen atoms in total. The van der Waals surface area contributed by atoms with E-state index < -0.39 is 0 Å². The summed E-state index contributed by atoms with van der Waals surface area (Å²) in [5.41, 5.74) is 1.06. The number of ether oxygens (including phenoxy) is 3. The highest BCUT2D eigenvalue weighted by Crippen LogP contribution is 2.39. The minimum Gasteiger partial charge on any atom is -0.493 e. The molecule has 0 aliphatic heterocycles. The Hall–Kier alpha value is -2.74. The highest BCUT2D eigenvalue weighted by atomic mass is 16.5. The Morgan fingerprint density at radius 2 is 1.63 bits per heavy atom. The second kappa shape index (κ2) is 10.3. The Kier molecular flexibility index (Phi) is 7.57. The number of aromatic nitrogens is 2. The van der Waals surface area contributed by atoms with Gasteiger partial charge in [0.15, 0.2) is 11.5 Å². The SMILES string of the molecule is COc1ccc(CNC2CCC(Nc3nccc(N(C)C)n3)CC2)c(OC)c1OC. The molecule has 1 saturated carbocycles. The van der Waals surface area contributed by atoms with Gasteiger partial charge in [-0.15, -0.1) is 0 Å². The molecule has 8 heteroatoms. The molecule has 0 saturated heterocycles. The molecule has 1 aliphatic rings. The van der Waals surface area contributed by atoms with E-state index in [4.69, 9.17) is 14.2 Å². The van der Waals surface area contributed by atoms with E-state index in [1.807, 2.05) is 37.2 Å². The minimum absolute atomic E-state index is 0.399. The third-order valence-corrected chi connectivity index (χ3v) is 5.53. The van der Waals surface area contributed by atoms with Gasteiger partial charge >= 0.3 is 0 Å². The Bertz CT molecular complexity index is 822. The fourth-order valence-electron chi connectivity index (χ4n) is 3.85. The van der Waals surface area contributed by atoms with Crippen molar-refractivity contribution >= 4 is 11.8 Å². The summed E-state index contributed by atoms with van der Waals surface area (Å²) in [5.74, 6) is 3.63. The van der Waals surface area contributed by atoms with E-state index in [-0.39, 0.29) is 0 Å². The number of methoxy groups -OCH3 is 3. The second-order valence-electron chi connectivity index (χ2n) is 7.70. The summed E-state index contributed by atoms with van der Waals surface area (Å²) in [7, 11) is 8.88. The molecule has 164 valence electrons. The summed E-state index contributed by atoms with van der Waals surface area (Å²) in [6.45, 7) is 0.723. The highest BCUT2D eigenvalue weighted by molar-refractivity contribution is 5.55. The van der Waals surface area contributed by atoms with Crippen LogP contribution in [0.5, 0.6) is 17.2 Å². The smallest absolute Gasteiger partial charge is 0.224 e. The molecule has 1 aromatic carbocycles. The van der Waals surface area contributed by atoms with Gasteiger partial charge in [0.25, 0.3) is 0 Å².